The second kappa shape index (κ2) is 4.71. The van der Waals surface area contributed by atoms with Gasteiger partial charge in [0, 0.05) is 48.9 Å². The van der Waals surface area contributed by atoms with Gasteiger partial charge in [-0.3, -0.25) is 9.48 Å². The van der Waals surface area contributed by atoms with E-state index in [1.165, 1.54) is 6.42 Å². The van der Waals surface area contributed by atoms with Gasteiger partial charge in [0.2, 0.25) is 0 Å². The standard InChI is InChI=1S/C16H20N4O2/c1-19-8-11(7-18-19)12-3-6-22-14(12)15(21)20-9-13(17)16(10-20)4-2-5-16/h3,6-8,13H,2,4-5,9-10,17H2,1H3. The molecule has 6 nitrogen and oxygen atoms in total. The minimum Gasteiger partial charge on any atom is -0.459 e. The topological polar surface area (TPSA) is 77.3 Å². The van der Waals surface area contributed by atoms with E-state index in [1.54, 1.807) is 17.1 Å². The minimum absolute atomic E-state index is 0.0666. The summed E-state index contributed by atoms with van der Waals surface area (Å²) in [7, 11) is 1.85. The zero-order valence-electron chi connectivity index (χ0n) is 12.7. The van der Waals surface area contributed by atoms with Crippen LogP contribution >= 0.6 is 0 Å². The number of nitrogens with zero attached hydrogens (tertiary/aromatic N) is 3. The smallest absolute Gasteiger partial charge is 0.290 e. The molecule has 6 heteroatoms. The zero-order valence-corrected chi connectivity index (χ0v) is 12.7. The quantitative estimate of drug-likeness (QED) is 0.914. The highest BCUT2D eigenvalue weighted by Crippen LogP contribution is 2.47. The molecule has 2 aromatic heterocycles. The van der Waals surface area contributed by atoms with E-state index >= 15 is 0 Å². The second-order valence-electron chi connectivity index (χ2n) is 6.57. The van der Waals surface area contributed by atoms with E-state index in [1.807, 2.05) is 24.2 Å². The number of nitrogens with two attached hydrogens (primary N) is 1. The molecule has 2 aliphatic rings. The molecule has 22 heavy (non-hydrogen) atoms. The van der Waals surface area contributed by atoms with E-state index in [2.05, 4.69) is 5.10 Å². The number of furan rings is 1. The van der Waals surface area contributed by atoms with Gasteiger partial charge in [0.15, 0.2) is 5.76 Å². The lowest BCUT2D eigenvalue weighted by Crippen LogP contribution is -2.45. The molecule has 1 unspecified atom stereocenters. The van der Waals surface area contributed by atoms with Crippen LogP contribution in [0.4, 0.5) is 0 Å². The van der Waals surface area contributed by atoms with Gasteiger partial charge in [-0.25, -0.2) is 0 Å². The van der Waals surface area contributed by atoms with Crippen LogP contribution in [0.5, 0.6) is 0 Å². The fourth-order valence-corrected chi connectivity index (χ4v) is 3.71. The predicted octanol–water partition coefficient (Wildman–Crippen LogP) is 1.63. The lowest BCUT2D eigenvalue weighted by atomic mass is 9.66. The predicted molar refractivity (Wildman–Crippen MR) is 81.1 cm³/mol. The number of carbonyl (C=O) groups is 1. The van der Waals surface area contributed by atoms with Gasteiger partial charge in [-0.2, -0.15) is 5.10 Å². The Labute approximate surface area is 128 Å². The average Bonchev–Trinajstić information content (AvgIpc) is 3.13. The molecule has 0 bridgehead atoms. The van der Waals surface area contributed by atoms with Crippen LogP contribution in [-0.4, -0.2) is 39.7 Å². The van der Waals surface area contributed by atoms with Crippen molar-refractivity contribution in [3.8, 4) is 11.1 Å². The molecule has 2 fully saturated rings. The van der Waals surface area contributed by atoms with E-state index in [9.17, 15) is 4.79 Å². The molecule has 4 rings (SSSR count). The average molecular weight is 300 g/mol. The number of hydrogen-bond acceptors (Lipinski definition) is 4. The maximum atomic E-state index is 12.8. The monoisotopic (exact) mass is 300 g/mol. The molecule has 116 valence electrons. The Bertz CT molecular complexity index is 713. The summed E-state index contributed by atoms with van der Waals surface area (Å²) in [5.41, 5.74) is 8.10. The molecule has 1 atom stereocenters. The molecule has 3 heterocycles. The van der Waals surface area contributed by atoms with Gasteiger partial charge in [-0.05, 0) is 18.9 Å². The highest BCUT2D eigenvalue weighted by Gasteiger charge is 2.50. The Kier molecular flexibility index (Phi) is 2.91. The van der Waals surface area contributed by atoms with Gasteiger partial charge in [-0.15, -0.1) is 0 Å². The third-order valence-corrected chi connectivity index (χ3v) is 5.22. The van der Waals surface area contributed by atoms with Crippen molar-refractivity contribution in [1.82, 2.24) is 14.7 Å². The molecule has 0 radical (unpaired) electrons. The van der Waals surface area contributed by atoms with Crippen molar-refractivity contribution in [2.75, 3.05) is 13.1 Å². The first kappa shape index (κ1) is 13.6. The lowest BCUT2D eigenvalue weighted by molar-refractivity contribution is 0.0698. The second-order valence-corrected chi connectivity index (χ2v) is 6.57. The Morgan fingerprint density at radius 3 is 2.91 bits per heavy atom. The Morgan fingerprint density at radius 1 is 1.50 bits per heavy atom. The number of aromatic nitrogens is 2. The van der Waals surface area contributed by atoms with Gasteiger partial charge >= 0.3 is 0 Å². The first-order valence-electron chi connectivity index (χ1n) is 7.70. The maximum absolute atomic E-state index is 12.8. The normalized spacial score (nSPS) is 23.0. The number of hydrogen-bond donors (Lipinski definition) is 1. The molecule has 1 aliphatic heterocycles. The SMILES string of the molecule is Cn1cc(-c2ccoc2C(=O)N2CC(N)C3(CCC3)C2)cn1. The Morgan fingerprint density at radius 2 is 2.32 bits per heavy atom. The van der Waals surface area contributed by atoms with E-state index in [4.69, 9.17) is 10.2 Å². The molecule has 1 saturated carbocycles. The summed E-state index contributed by atoms with van der Waals surface area (Å²) in [6.45, 7) is 1.37. The van der Waals surface area contributed by atoms with Crippen molar-refractivity contribution in [3.63, 3.8) is 0 Å². The minimum atomic E-state index is -0.0666. The molecular weight excluding hydrogens is 280 g/mol. The van der Waals surface area contributed by atoms with Crippen LogP contribution in [0.25, 0.3) is 11.1 Å². The third-order valence-electron chi connectivity index (χ3n) is 5.22. The van der Waals surface area contributed by atoms with Gasteiger partial charge in [0.05, 0.1) is 12.5 Å². The summed E-state index contributed by atoms with van der Waals surface area (Å²) < 4.78 is 7.20. The van der Waals surface area contributed by atoms with E-state index in [0.29, 0.717) is 12.3 Å². The molecule has 2 N–H and O–H groups in total. The highest BCUT2D eigenvalue weighted by atomic mass is 16.3. The summed E-state index contributed by atoms with van der Waals surface area (Å²) in [4.78, 5) is 14.7. The van der Waals surface area contributed by atoms with E-state index < -0.39 is 0 Å². The number of carbonyl (C=O) groups excluding carboxylic acids is 1. The van der Waals surface area contributed by atoms with Crippen molar-refractivity contribution < 1.29 is 9.21 Å². The first-order chi connectivity index (χ1) is 10.6. The molecule has 0 aromatic carbocycles. The lowest BCUT2D eigenvalue weighted by Gasteiger charge is -2.41. The van der Waals surface area contributed by atoms with Gasteiger partial charge in [0.1, 0.15) is 0 Å². The van der Waals surface area contributed by atoms with Crippen LogP contribution in [-0.2, 0) is 7.05 Å². The number of aryl methyl sites for hydroxylation is 1. The third kappa shape index (κ3) is 1.90. The van der Waals surface area contributed by atoms with Crippen molar-refractivity contribution in [2.24, 2.45) is 18.2 Å². The Hall–Kier alpha value is -2.08. The Balaban J connectivity index is 1.61. The number of likely N-dealkylation sites (tertiary alicyclic amines) is 1. The summed E-state index contributed by atoms with van der Waals surface area (Å²) in [6, 6.07) is 1.90. The van der Waals surface area contributed by atoms with Crippen molar-refractivity contribution in [2.45, 2.75) is 25.3 Å². The van der Waals surface area contributed by atoms with Crippen molar-refractivity contribution >= 4 is 5.91 Å². The zero-order chi connectivity index (χ0) is 15.3. The van der Waals surface area contributed by atoms with Gasteiger partial charge in [-0.1, -0.05) is 6.42 Å². The van der Waals surface area contributed by atoms with Crippen molar-refractivity contribution in [1.29, 1.82) is 0 Å². The van der Waals surface area contributed by atoms with Crippen LogP contribution in [0.1, 0.15) is 29.8 Å². The molecule has 2 aromatic rings. The number of amides is 1. The highest BCUT2D eigenvalue weighted by molar-refractivity contribution is 5.98. The van der Waals surface area contributed by atoms with Crippen LogP contribution < -0.4 is 5.73 Å². The van der Waals surface area contributed by atoms with Crippen LogP contribution in [0.15, 0.2) is 29.1 Å². The van der Waals surface area contributed by atoms with Gasteiger partial charge in [0.25, 0.3) is 5.91 Å². The first-order valence-corrected chi connectivity index (χ1v) is 7.70. The fourth-order valence-electron chi connectivity index (χ4n) is 3.71. The maximum Gasteiger partial charge on any atom is 0.290 e. The summed E-state index contributed by atoms with van der Waals surface area (Å²) in [6.07, 6.45) is 8.66. The van der Waals surface area contributed by atoms with Crippen LogP contribution in [0.3, 0.4) is 0 Å². The van der Waals surface area contributed by atoms with Crippen LogP contribution in [0.2, 0.25) is 0 Å². The summed E-state index contributed by atoms with van der Waals surface area (Å²) >= 11 is 0. The molecule has 1 aliphatic carbocycles. The van der Waals surface area contributed by atoms with E-state index in [0.717, 1.165) is 30.5 Å². The van der Waals surface area contributed by atoms with Crippen LogP contribution in [0, 0.1) is 5.41 Å². The molecule has 1 amide bonds. The number of rotatable bonds is 2. The summed E-state index contributed by atoms with van der Waals surface area (Å²) in [5.74, 6) is 0.319. The summed E-state index contributed by atoms with van der Waals surface area (Å²) in [5, 5.41) is 4.16. The molecule has 1 saturated heterocycles. The van der Waals surface area contributed by atoms with E-state index in [-0.39, 0.29) is 17.4 Å². The molecule has 1 spiro atoms. The fraction of sp³-hybridized carbons (Fsp3) is 0.500. The molecular formula is C16H20N4O2. The van der Waals surface area contributed by atoms with Gasteiger partial charge < -0.3 is 15.1 Å². The largest absolute Gasteiger partial charge is 0.459 e. The van der Waals surface area contributed by atoms with Crippen molar-refractivity contribution in [3.05, 3.63) is 30.5 Å².